The lowest BCUT2D eigenvalue weighted by Crippen LogP contribution is -1.98. The molecule has 0 N–H and O–H groups in total. The van der Waals surface area contributed by atoms with Crippen LogP contribution in [0, 0.1) is 0 Å². The topological polar surface area (TPSA) is 30.7 Å². The van der Waals surface area contributed by atoms with Crippen LogP contribution in [0.15, 0.2) is 35.3 Å². The summed E-state index contributed by atoms with van der Waals surface area (Å²) in [6.07, 6.45) is 3.22. The highest BCUT2D eigenvalue weighted by atomic mass is 79.9. The van der Waals surface area contributed by atoms with Gasteiger partial charge in [0.15, 0.2) is 0 Å². The van der Waals surface area contributed by atoms with E-state index >= 15 is 0 Å². The highest BCUT2D eigenvalue weighted by molar-refractivity contribution is 9.10. The van der Waals surface area contributed by atoms with Gasteiger partial charge in [-0.05, 0) is 17.7 Å². The fourth-order valence-electron chi connectivity index (χ4n) is 1.20. The molecule has 0 spiro atoms. The van der Waals surface area contributed by atoms with Gasteiger partial charge in [0.1, 0.15) is 12.7 Å². The smallest absolute Gasteiger partial charge is 0.138 e. The lowest BCUT2D eigenvalue weighted by molar-refractivity contribution is 0.869. The summed E-state index contributed by atoms with van der Waals surface area (Å²) < 4.78 is 2.79. The third-order valence-corrected chi connectivity index (χ3v) is 2.95. The largest absolute Gasteiger partial charge is 0.223 e. The number of hydrogen-bond donors (Lipinski definition) is 0. The van der Waals surface area contributed by atoms with Gasteiger partial charge in [-0.1, -0.05) is 37.9 Å². The molecule has 0 atom stereocenters. The number of rotatable bonds is 2. The monoisotopic (exact) mass is 315 g/mol. The number of nitrogens with zero attached hydrogens (tertiary/aromatic N) is 3. The Morgan fingerprint density at radius 1 is 1.36 bits per heavy atom. The van der Waals surface area contributed by atoms with E-state index in [1.54, 1.807) is 11.0 Å². The summed E-state index contributed by atoms with van der Waals surface area (Å²) in [6.45, 7) is 0. The molecule has 1 aromatic heterocycles. The Kier molecular flexibility index (Phi) is 2.98. The van der Waals surface area contributed by atoms with Crippen LogP contribution in [0.3, 0.4) is 0 Å². The first-order valence-corrected chi connectivity index (χ1v) is 5.92. The number of halogens is 2. The van der Waals surface area contributed by atoms with Crippen molar-refractivity contribution in [2.24, 2.45) is 0 Å². The first kappa shape index (κ1) is 9.86. The zero-order chi connectivity index (χ0) is 9.97. The quantitative estimate of drug-likeness (QED) is 0.798. The molecular weight excluding hydrogens is 310 g/mol. The van der Waals surface area contributed by atoms with E-state index in [9.17, 15) is 0 Å². The van der Waals surface area contributed by atoms with Crippen molar-refractivity contribution in [1.82, 2.24) is 14.8 Å². The molecule has 0 amide bonds. The van der Waals surface area contributed by atoms with Gasteiger partial charge in [-0.25, -0.2) is 9.67 Å². The zero-order valence-corrected chi connectivity index (χ0v) is 10.4. The minimum Gasteiger partial charge on any atom is -0.223 e. The van der Waals surface area contributed by atoms with Gasteiger partial charge in [0.05, 0.1) is 5.69 Å². The molecule has 1 heterocycles. The molecule has 14 heavy (non-hydrogen) atoms. The van der Waals surface area contributed by atoms with Crippen molar-refractivity contribution < 1.29 is 0 Å². The van der Waals surface area contributed by atoms with Crippen LogP contribution in [-0.4, -0.2) is 14.8 Å². The second-order valence-electron chi connectivity index (χ2n) is 2.75. The Morgan fingerprint density at radius 2 is 2.21 bits per heavy atom. The SMILES string of the molecule is BrCc1ccc(Br)cc1-n1cncn1. The summed E-state index contributed by atoms with van der Waals surface area (Å²) in [6, 6.07) is 6.08. The molecule has 5 heteroatoms. The summed E-state index contributed by atoms with van der Waals surface area (Å²) >= 11 is 6.88. The van der Waals surface area contributed by atoms with Gasteiger partial charge in [0.25, 0.3) is 0 Å². The van der Waals surface area contributed by atoms with Gasteiger partial charge in [0, 0.05) is 9.80 Å². The molecule has 0 radical (unpaired) electrons. The number of aromatic nitrogens is 3. The number of hydrogen-bond acceptors (Lipinski definition) is 2. The van der Waals surface area contributed by atoms with Crippen LogP contribution in [0.1, 0.15) is 5.56 Å². The summed E-state index contributed by atoms with van der Waals surface area (Å²) in [5.74, 6) is 0. The van der Waals surface area contributed by atoms with E-state index in [2.05, 4.69) is 48.0 Å². The molecule has 0 bridgehead atoms. The van der Waals surface area contributed by atoms with Gasteiger partial charge in [-0.15, -0.1) is 0 Å². The van der Waals surface area contributed by atoms with E-state index in [1.165, 1.54) is 11.9 Å². The van der Waals surface area contributed by atoms with Crippen molar-refractivity contribution in [3.05, 3.63) is 40.9 Å². The van der Waals surface area contributed by atoms with Gasteiger partial charge < -0.3 is 0 Å². The van der Waals surface area contributed by atoms with Crippen molar-refractivity contribution >= 4 is 31.9 Å². The minimum atomic E-state index is 0.801. The van der Waals surface area contributed by atoms with E-state index in [4.69, 9.17) is 0 Å². The maximum atomic E-state index is 4.10. The first-order chi connectivity index (χ1) is 6.81. The third-order valence-electron chi connectivity index (χ3n) is 1.86. The normalized spacial score (nSPS) is 10.4. The predicted octanol–water partition coefficient (Wildman–Crippen LogP) is 2.92. The summed E-state index contributed by atoms with van der Waals surface area (Å²) in [5, 5.41) is 4.90. The fraction of sp³-hybridized carbons (Fsp3) is 0.111. The minimum absolute atomic E-state index is 0.801. The molecule has 0 aliphatic carbocycles. The van der Waals surface area contributed by atoms with E-state index < -0.39 is 0 Å². The molecule has 0 aliphatic heterocycles. The van der Waals surface area contributed by atoms with E-state index in [0.29, 0.717) is 0 Å². The fourth-order valence-corrected chi connectivity index (χ4v) is 2.02. The second-order valence-corrected chi connectivity index (χ2v) is 4.22. The molecule has 0 saturated carbocycles. The highest BCUT2D eigenvalue weighted by Gasteiger charge is 2.04. The van der Waals surface area contributed by atoms with E-state index in [0.717, 1.165) is 15.5 Å². The van der Waals surface area contributed by atoms with Crippen LogP contribution in [0.5, 0.6) is 0 Å². The molecule has 2 rings (SSSR count). The van der Waals surface area contributed by atoms with Crippen molar-refractivity contribution in [2.75, 3.05) is 0 Å². The number of alkyl halides is 1. The average Bonchev–Trinajstić information content (AvgIpc) is 2.70. The van der Waals surface area contributed by atoms with Crippen LogP contribution >= 0.6 is 31.9 Å². The van der Waals surface area contributed by atoms with E-state index in [-0.39, 0.29) is 0 Å². The van der Waals surface area contributed by atoms with Gasteiger partial charge in [0.2, 0.25) is 0 Å². The molecular formula is C9H7Br2N3. The van der Waals surface area contributed by atoms with Crippen molar-refractivity contribution in [3.8, 4) is 5.69 Å². The van der Waals surface area contributed by atoms with Gasteiger partial charge >= 0.3 is 0 Å². The molecule has 0 unspecified atom stereocenters. The van der Waals surface area contributed by atoms with E-state index in [1.807, 2.05) is 12.1 Å². The third kappa shape index (κ3) is 1.88. The molecule has 0 fully saturated rings. The van der Waals surface area contributed by atoms with Crippen LogP contribution in [-0.2, 0) is 5.33 Å². The van der Waals surface area contributed by atoms with Crippen molar-refractivity contribution in [2.45, 2.75) is 5.33 Å². The summed E-state index contributed by atoms with van der Waals surface area (Å²) in [7, 11) is 0. The Balaban J connectivity index is 2.55. The van der Waals surface area contributed by atoms with Crippen LogP contribution in [0.4, 0.5) is 0 Å². The summed E-state index contributed by atoms with van der Waals surface area (Å²) in [4.78, 5) is 3.92. The summed E-state index contributed by atoms with van der Waals surface area (Å²) in [5.41, 5.74) is 2.22. The van der Waals surface area contributed by atoms with Crippen molar-refractivity contribution in [1.29, 1.82) is 0 Å². The van der Waals surface area contributed by atoms with Crippen molar-refractivity contribution in [3.63, 3.8) is 0 Å². The lowest BCUT2D eigenvalue weighted by Gasteiger charge is -2.06. The Labute approximate surface area is 98.4 Å². The van der Waals surface area contributed by atoms with Gasteiger partial charge in [-0.2, -0.15) is 5.10 Å². The molecule has 1 aromatic carbocycles. The second kappa shape index (κ2) is 4.23. The molecule has 72 valence electrons. The predicted molar refractivity (Wildman–Crippen MR) is 61.7 cm³/mol. The highest BCUT2D eigenvalue weighted by Crippen LogP contribution is 2.21. The van der Waals surface area contributed by atoms with Crippen LogP contribution < -0.4 is 0 Å². The van der Waals surface area contributed by atoms with Crippen LogP contribution in [0.2, 0.25) is 0 Å². The first-order valence-electron chi connectivity index (χ1n) is 4.00. The molecule has 0 saturated heterocycles. The Bertz CT molecular complexity index is 426. The van der Waals surface area contributed by atoms with Gasteiger partial charge in [-0.3, -0.25) is 0 Å². The molecule has 2 aromatic rings. The zero-order valence-electron chi connectivity index (χ0n) is 7.19. The van der Waals surface area contributed by atoms with Crippen LogP contribution in [0.25, 0.3) is 5.69 Å². The Hall–Kier alpha value is -0.680. The maximum Gasteiger partial charge on any atom is 0.138 e. The lowest BCUT2D eigenvalue weighted by atomic mass is 10.2. The average molecular weight is 317 g/mol. The molecule has 3 nitrogen and oxygen atoms in total. The molecule has 0 aliphatic rings. The standard InChI is InChI=1S/C9H7Br2N3/c10-4-7-1-2-8(11)3-9(7)14-6-12-5-13-14/h1-3,5-6H,4H2. The Morgan fingerprint density at radius 3 is 2.86 bits per heavy atom. The maximum absolute atomic E-state index is 4.10. The number of benzene rings is 1.